The maximum Gasteiger partial charge on any atom is 0.655 e. The van der Waals surface area contributed by atoms with E-state index in [-0.39, 0.29) is 0 Å². The Bertz CT molecular complexity index is 90.2. The van der Waals surface area contributed by atoms with Crippen LogP contribution in [0, 0.1) is 0 Å². The summed E-state index contributed by atoms with van der Waals surface area (Å²) >= 11 is 0. The van der Waals surface area contributed by atoms with Crippen molar-refractivity contribution in [2.75, 3.05) is 14.2 Å². The summed E-state index contributed by atoms with van der Waals surface area (Å²) in [5.74, 6) is 0.618. The van der Waals surface area contributed by atoms with E-state index in [1.165, 1.54) is 0 Å². The summed E-state index contributed by atoms with van der Waals surface area (Å²) < 4.78 is 14.6. The van der Waals surface area contributed by atoms with Crippen LogP contribution in [0.15, 0.2) is 12.3 Å². The van der Waals surface area contributed by atoms with Crippen molar-refractivity contribution in [3.05, 3.63) is 12.3 Å². The second-order valence-corrected chi connectivity index (χ2v) is 2.98. The molecule has 0 aromatic carbocycles. The summed E-state index contributed by atoms with van der Waals surface area (Å²) in [6, 6.07) is 0. The van der Waals surface area contributed by atoms with Crippen LogP contribution in [0.3, 0.4) is 0 Å². The maximum absolute atomic E-state index is 5.01. The smallest absolute Gasteiger partial charge is 0.503 e. The van der Waals surface area contributed by atoms with Gasteiger partial charge in [-0.2, -0.15) is 0 Å². The summed E-state index contributed by atoms with van der Waals surface area (Å²) in [7, 11) is 1.56. The molecule has 0 fully saturated rings. The first-order valence-corrected chi connectivity index (χ1v) is 3.71. The molecular weight excluding hydrogens is 136 g/mol. The Kier molecular flexibility index (Phi) is 4.38. The Morgan fingerprint density at radius 1 is 1.33 bits per heavy atom. The SMILES string of the molecule is C=C(C)O[Si](OC)OC. The van der Waals surface area contributed by atoms with Crippen LogP contribution < -0.4 is 0 Å². The predicted molar refractivity (Wildman–Crippen MR) is 35.7 cm³/mol. The van der Waals surface area contributed by atoms with Crippen molar-refractivity contribution in [3.8, 4) is 0 Å². The molecule has 0 N–H and O–H groups in total. The van der Waals surface area contributed by atoms with Crippen LogP contribution >= 0.6 is 0 Å². The molecule has 0 aromatic heterocycles. The van der Waals surface area contributed by atoms with Crippen LogP contribution in [-0.4, -0.2) is 23.7 Å². The van der Waals surface area contributed by atoms with Gasteiger partial charge in [0.1, 0.15) is 0 Å². The highest BCUT2D eigenvalue weighted by Crippen LogP contribution is 1.95. The fraction of sp³-hybridized carbons (Fsp3) is 0.600. The van der Waals surface area contributed by atoms with Gasteiger partial charge in [0.2, 0.25) is 0 Å². The molecule has 4 heteroatoms. The lowest BCUT2D eigenvalue weighted by molar-refractivity contribution is 0.170. The van der Waals surface area contributed by atoms with E-state index < -0.39 is 9.53 Å². The van der Waals surface area contributed by atoms with Gasteiger partial charge in [0.15, 0.2) is 0 Å². The third-order valence-corrected chi connectivity index (χ3v) is 1.77. The van der Waals surface area contributed by atoms with Gasteiger partial charge >= 0.3 is 9.53 Å². The standard InChI is InChI=1S/C5H11O3Si/c1-5(2)8-9(6-3)7-4/h1H2,2-4H3. The fourth-order valence-corrected chi connectivity index (χ4v) is 0.927. The van der Waals surface area contributed by atoms with E-state index in [2.05, 4.69) is 6.58 Å². The van der Waals surface area contributed by atoms with E-state index >= 15 is 0 Å². The predicted octanol–water partition coefficient (Wildman–Crippen LogP) is 0.814. The Hall–Kier alpha value is -0.323. The number of hydrogen-bond donors (Lipinski definition) is 0. The van der Waals surface area contributed by atoms with Gasteiger partial charge in [0.05, 0.1) is 5.76 Å². The summed E-state index contributed by atoms with van der Waals surface area (Å²) in [5, 5.41) is 0. The van der Waals surface area contributed by atoms with Gasteiger partial charge in [0.25, 0.3) is 0 Å². The minimum Gasteiger partial charge on any atom is -0.503 e. The summed E-state index contributed by atoms with van der Waals surface area (Å²) in [6.45, 7) is 5.29. The molecule has 0 aliphatic rings. The van der Waals surface area contributed by atoms with E-state index in [0.29, 0.717) is 5.76 Å². The first kappa shape index (κ1) is 8.68. The number of rotatable bonds is 4. The lowest BCUT2D eigenvalue weighted by atomic mass is 10.7. The molecule has 53 valence electrons. The molecule has 0 spiro atoms. The summed E-state index contributed by atoms with van der Waals surface area (Å²) in [4.78, 5) is 0. The van der Waals surface area contributed by atoms with Gasteiger partial charge < -0.3 is 13.3 Å². The number of hydrogen-bond acceptors (Lipinski definition) is 3. The van der Waals surface area contributed by atoms with Gasteiger partial charge in [-0.25, -0.2) is 0 Å². The molecule has 0 aliphatic carbocycles. The van der Waals surface area contributed by atoms with Crippen molar-refractivity contribution in [2.24, 2.45) is 0 Å². The second-order valence-electron chi connectivity index (χ2n) is 1.46. The first-order valence-electron chi connectivity index (χ1n) is 2.49. The van der Waals surface area contributed by atoms with Crippen molar-refractivity contribution in [1.29, 1.82) is 0 Å². The molecule has 1 radical (unpaired) electrons. The van der Waals surface area contributed by atoms with Crippen LogP contribution in [0.5, 0.6) is 0 Å². The molecule has 0 heterocycles. The largest absolute Gasteiger partial charge is 0.655 e. The molecule has 0 saturated carbocycles. The number of allylic oxidation sites excluding steroid dienone is 1. The lowest BCUT2D eigenvalue weighted by Gasteiger charge is -2.08. The fourth-order valence-electron chi connectivity index (χ4n) is 0.309. The topological polar surface area (TPSA) is 27.7 Å². The summed E-state index contributed by atoms with van der Waals surface area (Å²) in [6.07, 6.45) is 0. The van der Waals surface area contributed by atoms with Gasteiger partial charge in [-0.05, 0) is 6.92 Å². The molecule has 0 bridgehead atoms. The minimum absolute atomic E-state index is 0.618. The highest BCUT2D eigenvalue weighted by atomic mass is 28.3. The molecule has 0 aliphatic heterocycles. The van der Waals surface area contributed by atoms with Crippen LogP contribution in [0.25, 0.3) is 0 Å². The molecule has 0 amide bonds. The van der Waals surface area contributed by atoms with Crippen molar-refractivity contribution >= 4 is 9.53 Å². The maximum atomic E-state index is 5.01. The average molecular weight is 147 g/mol. The van der Waals surface area contributed by atoms with Crippen molar-refractivity contribution in [2.45, 2.75) is 6.92 Å². The van der Waals surface area contributed by atoms with Gasteiger partial charge in [-0.3, -0.25) is 0 Å². The quantitative estimate of drug-likeness (QED) is 0.435. The Morgan fingerprint density at radius 2 is 1.78 bits per heavy atom. The molecule has 0 aromatic rings. The third kappa shape index (κ3) is 4.20. The Morgan fingerprint density at radius 3 is 1.89 bits per heavy atom. The lowest BCUT2D eigenvalue weighted by Crippen LogP contribution is -2.22. The molecule has 0 rings (SSSR count). The molecule has 3 nitrogen and oxygen atoms in total. The third-order valence-electron chi connectivity index (χ3n) is 0.591. The van der Waals surface area contributed by atoms with Gasteiger partial charge in [0, 0.05) is 14.2 Å². The van der Waals surface area contributed by atoms with E-state index in [1.807, 2.05) is 0 Å². The van der Waals surface area contributed by atoms with E-state index in [4.69, 9.17) is 13.3 Å². The molecule has 0 atom stereocenters. The van der Waals surface area contributed by atoms with Crippen molar-refractivity contribution < 1.29 is 13.3 Å². The minimum atomic E-state index is -1.52. The average Bonchev–Trinajstić information content (AvgIpc) is 1.82. The molecule has 0 saturated heterocycles. The van der Waals surface area contributed by atoms with E-state index in [9.17, 15) is 0 Å². The zero-order chi connectivity index (χ0) is 7.28. The van der Waals surface area contributed by atoms with Crippen LogP contribution in [0.1, 0.15) is 6.92 Å². The molecule has 9 heavy (non-hydrogen) atoms. The van der Waals surface area contributed by atoms with Crippen molar-refractivity contribution in [1.82, 2.24) is 0 Å². The normalized spacial score (nSPS) is 9.78. The molecular formula is C5H11O3Si. The second kappa shape index (κ2) is 4.55. The highest BCUT2D eigenvalue weighted by Gasteiger charge is 2.15. The van der Waals surface area contributed by atoms with Crippen molar-refractivity contribution in [3.63, 3.8) is 0 Å². The molecule has 0 unspecified atom stereocenters. The zero-order valence-corrected chi connectivity index (χ0v) is 6.93. The highest BCUT2D eigenvalue weighted by molar-refractivity contribution is 6.36. The van der Waals surface area contributed by atoms with E-state index in [0.717, 1.165) is 0 Å². The Balaban J connectivity index is 3.43. The van der Waals surface area contributed by atoms with Crippen LogP contribution in [-0.2, 0) is 13.3 Å². The van der Waals surface area contributed by atoms with Gasteiger partial charge in [-0.1, -0.05) is 6.58 Å². The van der Waals surface area contributed by atoms with Crippen LogP contribution in [0.2, 0.25) is 0 Å². The summed E-state index contributed by atoms with van der Waals surface area (Å²) in [5.41, 5.74) is 0. The zero-order valence-electron chi connectivity index (χ0n) is 5.93. The van der Waals surface area contributed by atoms with Gasteiger partial charge in [-0.15, -0.1) is 0 Å². The Labute approximate surface area is 57.2 Å². The first-order chi connectivity index (χ1) is 4.20. The van der Waals surface area contributed by atoms with Crippen LogP contribution in [0.4, 0.5) is 0 Å². The monoisotopic (exact) mass is 147 g/mol. The van der Waals surface area contributed by atoms with E-state index in [1.54, 1.807) is 21.1 Å².